The number of rotatable bonds is 7. The summed E-state index contributed by atoms with van der Waals surface area (Å²) in [5, 5.41) is 2.97. The Labute approximate surface area is 155 Å². The van der Waals surface area contributed by atoms with Gasteiger partial charge in [0.2, 0.25) is 5.91 Å². The van der Waals surface area contributed by atoms with E-state index >= 15 is 0 Å². The van der Waals surface area contributed by atoms with E-state index in [4.69, 9.17) is 0 Å². The number of piperidine rings is 1. The number of aryl methyl sites for hydroxylation is 1. The molecule has 0 radical (unpaired) electrons. The molecule has 0 spiro atoms. The minimum absolute atomic E-state index is 0.0337. The van der Waals surface area contributed by atoms with Crippen LogP contribution in [0.15, 0.2) is 29.2 Å². The molecule has 0 aliphatic carbocycles. The lowest BCUT2D eigenvalue weighted by molar-refractivity contribution is -0.125. The summed E-state index contributed by atoms with van der Waals surface area (Å²) in [7, 11) is -0.317. The van der Waals surface area contributed by atoms with Gasteiger partial charge in [-0.2, -0.15) is 17.0 Å². The highest BCUT2D eigenvalue weighted by molar-refractivity contribution is 7.99. The Hall–Kier alpha value is -1.09. The van der Waals surface area contributed by atoms with Crippen molar-refractivity contribution in [2.75, 3.05) is 39.5 Å². The monoisotopic (exact) mass is 385 g/mol. The van der Waals surface area contributed by atoms with E-state index in [1.165, 1.54) is 33.2 Å². The van der Waals surface area contributed by atoms with Gasteiger partial charge in [0.05, 0.1) is 0 Å². The largest absolute Gasteiger partial charge is 0.355 e. The van der Waals surface area contributed by atoms with Crippen molar-refractivity contribution in [1.29, 1.82) is 0 Å². The average Bonchev–Trinajstić information content (AvgIpc) is 2.60. The molecular formula is C17H27N3O3S2. The maximum absolute atomic E-state index is 12.2. The van der Waals surface area contributed by atoms with E-state index in [2.05, 4.69) is 36.5 Å². The van der Waals surface area contributed by atoms with Crippen LogP contribution in [0.4, 0.5) is 0 Å². The Morgan fingerprint density at radius 3 is 2.40 bits per heavy atom. The fraction of sp³-hybridized carbons (Fsp3) is 0.588. The molecule has 1 aliphatic heterocycles. The zero-order valence-corrected chi connectivity index (χ0v) is 16.7. The van der Waals surface area contributed by atoms with Gasteiger partial charge in [0.15, 0.2) is 0 Å². The van der Waals surface area contributed by atoms with Gasteiger partial charge in [-0.3, -0.25) is 4.79 Å². The predicted molar refractivity (Wildman–Crippen MR) is 102 cm³/mol. The molecule has 0 bridgehead atoms. The minimum atomic E-state index is -3.37. The molecule has 0 unspecified atom stereocenters. The van der Waals surface area contributed by atoms with Crippen LogP contribution < -0.4 is 5.32 Å². The maximum atomic E-state index is 12.2. The van der Waals surface area contributed by atoms with Crippen LogP contribution in [0.2, 0.25) is 0 Å². The first-order valence-corrected chi connectivity index (χ1v) is 10.8. The van der Waals surface area contributed by atoms with Crippen molar-refractivity contribution in [3.05, 3.63) is 29.8 Å². The van der Waals surface area contributed by atoms with Crippen LogP contribution in [0.3, 0.4) is 0 Å². The zero-order chi connectivity index (χ0) is 18.4. The summed E-state index contributed by atoms with van der Waals surface area (Å²) in [6.45, 7) is 3.48. The first-order chi connectivity index (χ1) is 11.8. The van der Waals surface area contributed by atoms with Crippen molar-refractivity contribution in [2.24, 2.45) is 5.92 Å². The number of hydrogen-bond donors (Lipinski definition) is 1. The van der Waals surface area contributed by atoms with Crippen LogP contribution in [-0.2, 0) is 15.0 Å². The number of carbonyl (C=O) groups is 1. The molecule has 1 saturated heterocycles. The van der Waals surface area contributed by atoms with Crippen molar-refractivity contribution in [1.82, 2.24) is 13.9 Å². The molecule has 0 aromatic heterocycles. The Bertz CT molecular complexity index is 667. The van der Waals surface area contributed by atoms with Crippen molar-refractivity contribution in [3.8, 4) is 0 Å². The maximum Gasteiger partial charge on any atom is 0.281 e. The highest BCUT2D eigenvalue weighted by atomic mass is 32.2. The third kappa shape index (κ3) is 5.70. The van der Waals surface area contributed by atoms with E-state index in [0.717, 1.165) is 5.75 Å². The zero-order valence-electron chi connectivity index (χ0n) is 15.1. The summed E-state index contributed by atoms with van der Waals surface area (Å²) in [4.78, 5) is 13.4. The Kier molecular flexibility index (Phi) is 7.30. The van der Waals surface area contributed by atoms with Crippen molar-refractivity contribution >= 4 is 27.9 Å². The topological polar surface area (TPSA) is 69.7 Å². The highest BCUT2D eigenvalue weighted by Gasteiger charge is 2.31. The second kappa shape index (κ2) is 9.02. The van der Waals surface area contributed by atoms with Gasteiger partial charge < -0.3 is 5.32 Å². The number of nitrogens with one attached hydrogen (secondary N) is 1. The molecule has 25 heavy (non-hydrogen) atoms. The average molecular weight is 386 g/mol. The summed E-state index contributed by atoms with van der Waals surface area (Å²) >= 11 is 1.72. The quantitative estimate of drug-likeness (QED) is 0.573. The van der Waals surface area contributed by atoms with E-state index in [1.807, 2.05) is 0 Å². The second-order valence-corrected chi connectivity index (χ2v) is 9.73. The molecule has 1 aliphatic rings. The van der Waals surface area contributed by atoms with Crippen LogP contribution in [0.25, 0.3) is 0 Å². The van der Waals surface area contributed by atoms with E-state index in [0.29, 0.717) is 32.5 Å². The molecule has 8 heteroatoms. The van der Waals surface area contributed by atoms with Crippen LogP contribution in [0, 0.1) is 12.8 Å². The summed E-state index contributed by atoms with van der Waals surface area (Å²) < 4.78 is 26.8. The fourth-order valence-electron chi connectivity index (χ4n) is 2.70. The highest BCUT2D eigenvalue weighted by Crippen LogP contribution is 2.21. The summed E-state index contributed by atoms with van der Waals surface area (Å²) in [6, 6.07) is 8.33. The second-order valence-electron chi connectivity index (χ2n) is 6.42. The molecule has 1 aromatic rings. The van der Waals surface area contributed by atoms with E-state index in [1.54, 1.807) is 11.8 Å². The van der Waals surface area contributed by atoms with Gasteiger partial charge in [-0.25, -0.2) is 0 Å². The minimum Gasteiger partial charge on any atom is -0.355 e. The normalized spacial score (nSPS) is 17.0. The molecule has 2 rings (SSSR count). The molecular weight excluding hydrogens is 358 g/mol. The lowest BCUT2D eigenvalue weighted by Gasteiger charge is -2.32. The van der Waals surface area contributed by atoms with Crippen molar-refractivity contribution < 1.29 is 13.2 Å². The molecule has 1 aromatic carbocycles. The molecule has 0 saturated carbocycles. The smallest absolute Gasteiger partial charge is 0.281 e. The number of carbonyl (C=O) groups excluding carboxylic acids is 1. The van der Waals surface area contributed by atoms with Gasteiger partial charge in [-0.15, -0.1) is 11.8 Å². The molecule has 1 N–H and O–H groups in total. The molecule has 0 atom stereocenters. The molecule has 6 nitrogen and oxygen atoms in total. The fourth-order valence-corrected chi connectivity index (χ4v) is 4.60. The van der Waals surface area contributed by atoms with Crippen molar-refractivity contribution in [3.63, 3.8) is 0 Å². The lowest BCUT2D eigenvalue weighted by atomic mass is 9.97. The SMILES string of the molecule is Cc1ccc(SCCNC(=O)C2CCN(S(=O)(=O)N(C)C)CC2)cc1. The molecule has 1 heterocycles. The Morgan fingerprint density at radius 1 is 1.24 bits per heavy atom. The van der Waals surface area contributed by atoms with Crippen LogP contribution in [0.1, 0.15) is 18.4 Å². The van der Waals surface area contributed by atoms with E-state index < -0.39 is 10.2 Å². The van der Waals surface area contributed by atoms with Crippen LogP contribution in [0.5, 0.6) is 0 Å². The van der Waals surface area contributed by atoms with E-state index in [-0.39, 0.29) is 11.8 Å². The van der Waals surface area contributed by atoms with Crippen LogP contribution in [-0.4, -0.2) is 62.4 Å². The van der Waals surface area contributed by atoms with Gasteiger partial charge >= 0.3 is 0 Å². The number of nitrogens with zero attached hydrogens (tertiary/aromatic N) is 2. The third-order valence-corrected chi connectivity index (χ3v) is 7.26. The van der Waals surface area contributed by atoms with Crippen LogP contribution >= 0.6 is 11.8 Å². The lowest BCUT2D eigenvalue weighted by Crippen LogP contribution is -2.47. The van der Waals surface area contributed by atoms with Crippen molar-refractivity contribution in [2.45, 2.75) is 24.7 Å². The first-order valence-electron chi connectivity index (χ1n) is 8.45. The van der Waals surface area contributed by atoms with Gasteiger partial charge in [-0.1, -0.05) is 17.7 Å². The third-order valence-electron chi connectivity index (χ3n) is 4.30. The number of hydrogen-bond acceptors (Lipinski definition) is 4. The number of benzene rings is 1. The summed E-state index contributed by atoms with van der Waals surface area (Å²) in [6.07, 6.45) is 1.15. The number of amides is 1. The number of thioether (sulfide) groups is 1. The summed E-state index contributed by atoms with van der Waals surface area (Å²) in [5.74, 6) is 0.757. The molecule has 1 amide bonds. The van der Waals surface area contributed by atoms with Gasteiger partial charge in [0, 0.05) is 50.3 Å². The Balaban J connectivity index is 1.69. The molecule has 1 fully saturated rings. The van der Waals surface area contributed by atoms with E-state index in [9.17, 15) is 13.2 Å². The van der Waals surface area contributed by atoms with Gasteiger partial charge in [-0.05, 0) is 31.9 Å². The standard InChI is InChI=1S/C17H27N3O3S2/c1-14-4-6-16(7-5-14)24-13-10-18-17(21)15-8-11-20(12-9-15)25(22,23)19(2)3/h4-7,15H,8-13H2,1-3H3,(H,18,21). The Morgan fingerprint density at radius 2 is 1.84 bits per heavy atom. The first kappa shape index (κ1) is 20.2. The van der Waals surface area contributed by atoms with Gasteiger partial charge in [0.1, 0.15) is 0 Å². The summed E-state index contributed by atoms with van der Waals surface area (Å²) in [5.41, 5.74) is 1.24. The van der Waals surface area contributed by atoms with Gasteiger partial charge in [0.25, 0.3) is 10.2 Å². The molecule has 140 valence electrons. The predicted octanol–water partition coefficient (Wildman–Crippen LogP) is 1.72.